The van der Waals surface area contributed by atoms with Crippen molar-refractivity contribution in [3.8, 4) is 0 Å². The first-order chi connectivity index (χ1) is 8.01. The summed E-state index contributed by atoms with van der Waals surface area (Å²) in [7, 11) is 0. The van der Waals surface area contributed by atoms with Gasteiger partial charge in [0.1, 0.15) is 18.3 Å². The molecule has 0 aromatic heterocycles. The molecule has 5 atom stereocenters. The molecule has 100 valence electrons. The number of hydrogen-bond acceptors (Lipinski definition) is 5. The van der Waals surface area contributed by atoms with Gasteiger partial charge in [-0.05, 0) is 13.3 Å². The first-order valence-electron chi connectivity index (χ1n) is 5.93. The fourth-order valence-corrected chi connectivity index (χ4v) is 1.99. The van der Waals surface area contributed by atoms with Gasteiger partial charge in [0.25, 0.3) is 0 Å². The van der Waals surface area contributed by atoms with Gasteiger partial charge in [-0.1, -0.05) is 6.92 Å². The summed E-state index contributed by atoms with van der Waals surface area (Å²) in [6.45, 7) is 3.21. The van der Waals surface area contributed by atoms with Crippen molar-refractivity contribution < 1.29 is 24.9 Å². The Labute approximate surface area is 101 Å². The van der Waals surface area contributed by atoms with Crippen LogP contribution < -0.4 is 5.32 Å². The summed E-state index contributed by atoms with van der Waals surface area (Å²) >= 11 is 0. The normalized spacial score (nSPS) is 37.8. The van der Waals surface area contributed by atoms with Crippen molar-refractivity contribution >= 4 is 5.91 Å². The highest BCUT2D eigenvalue weighted by Gasteiger charge is 2.42. The zero-order valence-corrected chi connectivity index (χ0v) is 10.2. The van der Waals surface area contributed by atoms with Crippen molar-refractivity contribution in [2.45, 2.75) is 57.1 Å². The van der Waals surface area contributed by atoms with Crippen LogP contribution in [0.4, 0.5) is 0 Å². The minimum absolute atomic E-state index is 0.179. The monoisotopic (exact) mass is 247 g/mol. The molecule has 1 fully saturated rings. The second-order valence-electron chi connectivity index (χ2n) is 4.39. The molecule has 0 radical (unpaired) electrons. The van der Waals surface area contributed by atoms with Gasteiger partial charge in [0.15, 0.2) is 0 Å². The average molecular weight is 247 g/mol. The molecule has 1 amide bonds. The quantitative estimate of drug-likeness (QED) is 0.499. The Morgan fingerprint density at radius 1 is 1.35 bits per heavy atom. The van der Waals surface area contributed by atoms with Gasteiger partial charge in [-0.15, -0.1) is 0 Å². The van der Waals surface area contributed by atoms with E-state index in [-0.39, 0.29) is 12.5 Å². The number of rotatable bonds is 4. The number of aliphatic hydroxyl groups is 3. The van der Waals surface area contributed by atoms with Gasteiger partial charge < -0.3 is 25.4 Å². The summed E-state index contributed by atoms with van der Waals surface area (Å²) in [5.74, 6) is -0.179. The van der Waals surface area contributed by atoms with E-state index in [1.807, 2.05) is 6.92 Å². The maximum Gasteiger partial charge on any atom is 0.220 e. The van der Waals surface area contributed by atoms with E-state index in [0.717, 1.165) is 0 Å². The molecule has 0 unspecified atom stereocenters. The van der Waals surface area contributed by atoms with Crippen LogP contribution in [0.1, 0.15) is 26.7 Å². The Kier molecular flexibility index (Phi) is 5.32. The molecule has 6 heteroatoms. The van der Waals surface area contributed by atoms with Crippen LogP contribution in [0.15, 0.2) is 0 Å². The van der Waals surface area contributed by atoms with Crippen LogP contribution in [0.5, 0.6) is 0 Å². The number of aliphatic hydroxyl groups excluding tert-OH is 3. The van der Waals surface area contributed by atoms with Gasteiger partial charge >= 0.3 is 0 Å². The third-order valence-corrected chi connectivity index (χ3v) is 2.98. The highest BCUT2D eigenvalue weighted by Crippen LogP contribution is 2.20. The van der Waals surface area contributed by atoms with Crippen LogP contribution in [0.25, 0.3) is 0 Å². The van der Waals surface area contributed by atoms with Gasteiger partial charge in [0.05, 0.1) is 18.8 Å². The lowest BCUT2D eigenvalue weighted by atomic mass is 9.93. The summed E-state index contributed by atoms with van der Waals surface area (Å²) in [6.07, 6.45) is -2.49. The fraction of sp³-hybridized carbons (Fsp3) is 0.909. The molecule has 17 heavy (non-hydrogen) atoms. The van der Waals surface area contributed by atoms with E-state index in [2.05, 4.69) is 5.32 Å². The summed E-state index contributed by atoms with van der Waals surface area (Å²) in [4.78, 5) is 11.5. The number of ether oxygens (including phenoxy) is 1. The van der Waals surface area contributed by atoms with Crippen LogP contribution in [0.2, 0.25) is 0 Å². The average Bonchev–Trinajstić information content (AvgIpc) is 2.29. The van der Waals surface area contributed by atoms with Crippen molar-refractivity contribution in [3.05, 3.63) is 0 Å². The summed E-state index contributed by atoms with van der Waals surface area (Å²) in [5.41, 5.74) is 0. The predicted molar refractivity (Wildman–Crippen MR) is 60.3 cm³/mol. The molecule has 0 aromatic rings. The zero-order chi connectivity index (χ0) is 13.0. The van der Waals surface area contributed by atoms with E-state index in [1.54, 1.807) is 6.92 Å². The molecule has 1 saturated heterocycles. The van der Waals surface area contributed by atoms with E-state index in [0.29, 0.717) is 12.8 Å². The first kappa shape index (κ1) is 14.4. The molecule has 4 N–H and O–H groups in total. The predicted octanol–water partition coefficient (Wildman–Crippen LogP) is -1.23. The summed E-state index contributed by atoms with van der Waals surface area (Å²) in [6, 6.07) is -0.646. The third-order valence-electron chi connectivity index (χ3n) is 2.98. The van der Waals surface area contributed by atoms with E-state index in [9.17, 15) is 15.0 Å². The largest absolute Gasteiger partial charge is 0.394 e. The van der Waals surface area contributed by atoms with Crippen LogP contribution in [0.3, 0.4) is 0 Å². The smallest absolute Gasteiger partial charge is 0.220 e. The standard InChI is InChI=1S/C11H21NO5/c1-3-4-8(14)12-9-6(2)17-7(5-13)10(15)11(9)16/h6-7,9-11,13,15-16H,3-5H2,1-2H3,(H,12,14)/t6-,7+,9-,10-,11+/m0/s1. The van der Waals surface area contributed by atoms with E-state index < -0.39 is 30.5 Å². The van der Waals surface area contributed by atoms with Crippen LogP contribution in [-0.2, 0) is 9.53 Å². The van der Waals surface area contributed by atoms with Crippen LogP contribution in [-0.4, -0.2) is 58.3 Å². The molecular weight excluding hydrogens is 226 g/mol. The second kappa shape index (κ2) is 6.30. The maximum absolute atomic E-state index is 11.5. The molecule has 0 bridgehead atoms. The van der Waals surface area contributed by atoms with Gasteiger partial charge in [-0.2, -0.15) is 0 Å². The second-order valence-corrected chi connectivity index (χ2v) is 4.39. The minimum Gasteiger partial charge on any atom is -0.394 e. The van der Waals surface area contributed by atoms with Crippen molar-refractivity contribution in [2.75, 3.05) is 6.61 Å². The zero-order valence-electron chi connectivity index (χ0n) is 10.2. The van der Waals surface area contributed by atoms with E-state index >= 15 is 0 Å². The Morgan fingerprint density at radius 2 is 2.00 bits per heavy atom. The number of nitrogens with one attached hydrogen (secondary N) is 1. The van der Waals surface area contributed by atoms with E-state index in [4.69, 9.17) is 9.84 Å². The molecule has 1 aliphatic heterocycles. The molecule has 1 aliphatic rings. The highest BCUT2D eigenvalue weighted by atomic mass is 16.5. The Balaban J connectivity index is 2.63. The first-order valence-corrected chi connectivity index (χ1v) is 5.93. The molecule has 0 aromatic carbocycles. The highest BCUT2D eigenvalue weighted by molar-refractivity contribution is 5.76. The lowest BCUT2D eigenvalue weighted by Gasteiger charge is -2.41. The van der Waals surface area contributed by atoms with Crippen molar-refractivity contribution in [2.24, 2.45) is 0 Å². The number of carbonyl (C=O) groups excluding carboxylic acids is 1. The van der Waals surface area contributed by atoms with E-state index in [1.165, 1.54) is 0 Å². The lowest BCUT2D eigenvalue weighted by molar-refractivity contribution is -0.190. The Bertz CT molecular complexity index is 260. The number of carbonyl (C=O) groups is 1. The van der Waals surface area contributed by atoms with Crippen molar-refractivity contribution in [1.82, 2.24) is 5.32 Å². The lowest BCUT2D eigenvalue weighted by Crippen LogP contribution is -2.63. The molecular formula is C11H21NO5. The molecule has 0 saturated carbocycles. The molecule has 1 rings (SSSR count). The molecule has 0 aliphatic carbocycles. The fourth-order valence-electron chi connectivity index (χ4n) is 1.99. The molecule has 6 nitrogen and oxygen atoms in total. The molecule has 1 heterocycles. The third kappa shape index (κ3) is 3.38. The van der Waals surface area contributed by atoms with Gasteiger partial charge in [-0.25, -0.2) is 0 Å². The van der Waals surface area contributed by atoms with Crippen molar-refractivity contribution in [3.63, 3.8) is 0 Å². The minimum atomic E-state index is -1.19. The van der Waals surface area contributed by atoms with Crippen LogP contribution in [0, 0.1) is 0 Å². The SMILES string of the molecule is CCCC(=O)N[C@@H]1[C@@H](O)[C@@H](O)[C@@H](CO)O[C@H]1C. The summed E-state index contributed by atoms with van der Waals surface area (Å²) in [5, 5.41) is 31.2. The number of amides is 1. The topological polar surface area (TPSA) is 99.0 Å². The van der Waals surface area contributed by atoms with Gasteiger partial charge in [0.2, 0.25) is 5.91 Å². The Hall–Kier alpha value is -0.690. The number of hydrogen-bond donors (Lipinski definition) is 4. The maximum atomic E-state index is 11.5. The van der Waals surface area contributed by atoms with Gasteiger partial charge in [-0.3, -0.25) is 4.79 Å². The Morgan fingerprint density at radius 3 is 2.53 bits per heavy atom. The van der Waals surface area contributed by atoms with Crippen molar-refractivity contribution in [1.29, 1.82) is 0 Å². The molecule has 0 spiro atoms. The van der Waals surface area contributed by atoms with Gasteiger partial charge in [0, 0.05) is 6.42 Å². The summed E-state index contributed by atoms with van der Waals surface area (Å²) < 4.78 is 5.34. The van der Waals surface area contributed by atoms with Crippen LogP contribution >= 0.6 is 0 Å².